The second-order valence-electron chi connectivity index (χ2n) is 7.60. The number of sulfonamides is 1. The fraction of sp³-hybridized carbons (Fsp3) is 0.217. The van der Waals surface area contributed by atoms with Crippen molar-refractivity contribution in [2.24, 2.45) is 0 Å². The lowest BCUT2D eigenvalue weighted by Crippen LogP contribution is -2.30. The normalized spacial score (nSPS) is 17.6. The van der Waals surface area contributed by atoms with Crippen molar-refractivity contribution in [2.45, 2.75) is 30.7 Å². The molecular formula is C23H21N3O3S. The summed E-state index contributed by atoms with van der Waals surface area (Å²) >= 11 is 0. The van der Waals surface area contributed by atoms with Gasteiger partial charge >= 0.3 is 0 Å². The van der Waals surface area contributed by atoms with Gasteiger partial charge in [-0.1, -0.05) is 65.3 Å². The van der Waals surface area contributed by atoms with Gasteiger partial charge in [-0.15, -0.1) is 0 Å². The standard InChI is InChI=1S/C23H21N3O3S/c1-16-8-10-18(11-9-16)22-24-23(29-25-22)21-7-4-14-26(21)30(27,28)20-13-12-17-5-2-3-6-19(17)15-20/h2-3,5-6,8-13,15,21H,4,7,14H2,1H3. The summed E-state index contributed by atoms with van der Waals surface area (Å²) in [6.45, 7) is 2.45. The number of hydrogen-bond acceptors (Lipinski definition) is 5. The highest BCUT2D eigenvalue weighted by Crippen LogP contribution is 2.37. The molecule has 0 radical (unpaired) electrons. The van der Waals surface area contributed by atoms with E-state index in [1.807, 2.05) is 61.5 Å². The molecule has 2 heterocycles. The largest absolute Gasteiger partial charge is 0.337 e. The van der Waals surface area contributed by atoms with Gasteiger partial charge in [0.05, 0.1) is 4.90 Å². The maximum Gasteiger partial charge on any atom is 0.245 e. The Bertz CT molecular complexity index is 1310. The summed E-state index contributed by atoms with van der Waals surface area (Å²) in [5.74, 6) is 0.812. The molecule has 0 bridgehead atoms. The van der Waals surface area contributed by atoms with Crippen molar-refractivity contribution >= 4 is 20.8 Å². The van der Waals surface area contributed by atoms with Gasteiger partial charge in [0, 0.05) is 12.1 Å². The fourth-order valence-corrected chi connectivity index (χ4v) is 5.62. The minimum absolute atomic E-state index is 0.284. The van der Waals surface area contributed by atoms with E-state index < -0.39 is 16.1 Å². The Kier molecular flexibility index (Phi) is 4.64. The van der Waals surface area contributed by atoms with Gasteiger partial charge < -0.3 is 4.52 Å². The molecule has 0 saturated carbocycles. The number of nitrogens with zero attached hydrogens (tertiary/aromatic N) is 3. The van der Waals surface area contributed by atoms with Crippen LogP contribution in [-0.2, 0) is 10.0 Å². The summed E-state index contributed by atoms with van der Waals surface area (Å²) in [5, 5.41) is 5.99. The first-order chi connectivity index (χ1) is 14.5. The minimum Gasteiger partial charge on any atom is -0.337 e. The lowest BCUT2D eigenvalue weighted by Gasteiger charge is -2.21. The summed E-state index contributed by atoms with van der Waals surface area (Å²) in [7, 11) is -3.68. The average Bonchev–Trinajstić information content (AvgIpc) is 3.44. The topological polar surface area (TPSA) is 76.3 Å². The Hall–Kier alpha value is -3.03. The van der Waals surface area contributed by atoms with Gasteiger partial charge in [-0.05, 0) is 42.7 Å². The van der Waals surface area contributed by atoms with Crippen LogP contribution in [0, 0.1) is 6.92 Å². The summed E-state index contributed by atoms with van der Waals surface area (Å²) in [6.07, 6.45) is 1.40. The first-order valence-electron chi connectivity index (χ1n) is 9.94. The molecule has 0 N–H and O–H groups in total. The molecule has 3 aromatic carbocycles. The van der Waals surface area contributed by atoms with E-state index in [-0.39, 0.29) is 4.90 Å². The lowest BCUT2D eigenvalue weighted by molar-refractivity contribution is 0.290. The van der Waals surface area contributed by atoms with Gasteiger partial charge in [-0.2, -0.15) is 9.29 Å². The molecule has 1 aliphatic rings. The molecule has 1 atom stereocenters. The molecular weight excluding hydrogens is 398 g/mol. The highest BCUT2D eigenvalue weighted by molar-refractivity contribution is 7.89. The molecule has 6 nitrogen and oxygen atoms in total. The Balaban J connectivity index is 1.47. The smallest absolute Gasteiger partial charge is 0.245 e. The Labute approximate surface area is 175 Å². The molecule has 0 spiro atoms. The van der Waals surface area contributed by atoms with Crippen molar-refractivity contribution < 1.29 is 12.9 Å². The van der Waals surface area contributed by atoms with Crippen LogP contribution in [0.2, 0.25) is 0 Å². The van der Waals surface area contributed by atoms with Crippen molar-refractivity contribution in [3.05, 3.63) is 78.2 Å². The van der Waals surface area contributed by atoms with Crippen molar-refractivity contribution in [1.82, 2.24) is 14.4 Å². The monoisotopic (exact) mass is 419 g/mol. The molecule has 1 unspecified atom stereocenters. The van der Waals surface area contributed by atoms with Crippen molar-refractivity contribution in [3.8, 4) is 11.4 Å². The number of fused-ring (bicyclic) bond motifs is 1. The van der Waals surface area contributed by atoms with Crippen LogP contribution in [0.4, 0.5) is 0 Å². The average molecular weight is 420 g/mol. The SMILES string of the molecule is Cc1ccc(-c2noc(C3CCCN3S(=O)(=O)c3ccc4ccccc4c3)n2)cc1. The molecule has 4 aromatic rings. The third-order valence-electron chi connectivity index (χ3n) is 5.57. The zero-order valence-corrected chi connectivity index (χ0v) is 17.3. The number of aromatic nitrogens is 2. The zero-order valence-electron chi connectivity index (χ0n) is 16.5. The maximum atomic E-state index is 13.4. The van der Waals surface area contributed by atoms with E-state index in [9.17, 15) is 8.42 Å². The van der Waals surface area contributed by atoms with Crippen LogP contribution in [0.3, 0.4) is 0 Å². The zero-order chi connectivity index (χ0) is 20.7. The summed E-state index contributed by atoms with van der Waals surface area (Å²) in [4.78, 5) is 4.80. The summed E-state index contributed by atoms with van der Waals surface area (Å²) < 4.78 is 33.8. The van der Waals surface area contributed by atoms with Crippen LogP contribution in [0.25, 0.3) is 22.2 Å². The molecule has 5 rings (SSSR count). The third-order valence-corrected chi connectivity index (χ3v) is 7.47. The van der Waals surface area contributed by atoms with E-state index in [2.05, 4.69) is 10.1 Å². The molecule has 1 fully saturated rings. The Morgan fingerprint density at radius 2 is 1.77 bits per heavy atom. The third kappa shape index (κ3) is 3.30. The van der Waals surface area contributed by atoms with Gasteiger partial charge in [-0.3, -0.25) is 0 Å². The van der Waals surface area contributed by atoms with Crippen LogP contribution in [0.15, 0.2) is 76.1 Å². The van der Waals surface area contributed by atoms with Crippen LogP contribution < -0.4 is 0 Å². The van der Waals surface area contributed by atoms with Crippen LogP contribution in [-0.4, -0.2) is 29.4 Å². The number of hydrogen-bond donors (Lipinski definition) is 0. The van der Waals surface area contributed by atoms with Gasteiger partial charge in [0.25, 0.3) is 0 Å². The quantitative estimate of drug-likeness (QED) is 0.478. The van der Waals surface area contributed by atoms with Crippen molar-refractivity contribution in [2.75, 3.05) is 6.54 Å². The molecule has 30 heavy (non-hydrogen) atoms. The minimum atomic E-state index is -3.68. The lowest BCUT2D eigenvalue weighted by atomic mass is 10.1. The van der Waals surface area contributed by atoms with Gasteiger partial charge in [0.15, 0.2) is 0 Å². The van der Waals surface area contributed by atoms with Crippen molar-refractivity contribution in [3.63, 3.8) is 0 Å². The molecule has 0 aliphatic carbocycles. The molecule has 1 aromatic heterocycles. The maximum absolute atomic E-state index is 13.4. The highest BCUT2D eigenvalue weighted by Gasteiger charge is 2.39. The second kappa shape index (κ2) is 7.34. The fourth-order valence-electron chi connectivity index (χ4n) is 3.93. The number of benzene rings is 3. The first kappa shape index (κ1) is 19.0. The Morgan fingerprint density at radius 3 is 2.57 bits per heavy atom. The van der Waals surface area contributed by atoms with E-state index in [0.717, 1.165) is 28.3 Å². The molecule has 1 saturated heterocycles. The van der Waals surface area contributed by atoms with E-state index in [4.69, 9.17) is 4.52 Å². The Morgan fingerprint density at radius 1 is 1.00 bits per heavy atom. The molecule has 0 amide bonds. The molecule has 152 valence electrons. The predicted molar refractivity (Wildman–Crippen MR) is 114 cm³/mol. The van der Waals surface area contributed by atoms with Gasteiger partial charge in [0.1, 0.15) is 6.04 Å². The first-order valence-corrected chi connectivity index (χ1v) is 11.4. The van der Waals surface area contributed by atoms with Crippen LogP contribution in [0.1, 0.15) is 30.3 Å². The van der Waals surface area contributed by atoms with Crippen molar-refractivity contribution in [1.29, 1.82) is 0 Å². The van der Waals surface area contributed by atoms with E-state index in [1.165, 1.54) is 4.31 Å². The second-order valence-corrected chi connectivity index (χ2v) is 9.50. The van der Waals surface area contributed by atoms with Gasteiger partial charge in [0.2, 0.25) is 21.7 Å². The summed E-state index contributed by atoms with van der Waals surface area (Å²) in [5.41, 5.74) is 1.99. The van der Waals surface area contributed by atoms with E-state index in [0.29, 0.717) is 24.7 Å². The molecule has 1 aliphatic heterocycles. The number of aryl methyl sites for hydroxylation is 1. The summed E-state index contributed by atoms with van der Waals surface area (Å²) in [6, 6.07) is 20.3. The van der Waals surface area contributed by atoms with Crippen LogP contribution >= 0.6 is 0 Å². The predicted octanol–water partition coefficient (Wildman–Crippen LogP) is 4.72. The van der Waals surface area contributed by atoms with E-state index >= 15 is 0 Å². The van der Waals surface area contributed by atoms with E-state index in [1.54, 1.807) is 12.1 Å². The molecule has 7 heteroatoms. The highest BCUT2D eigenvalue weighted by atomic mass is 32.2. The number of rotatable bonds is 4. The van der Waals surface area contributed by atoms with Crippen LogP contribution in [0.5, 0.6) is 0 Å². The van der Waals surface area contributed by atoms with Gasteiger partial charge in [-0.25, -0.2) is 8.42 Å².